The summed E-state index contributed by atoms with van der Waals surface area (Å²) in [5.41, 5.74) is 7.66. The minimum atomic E-state index is -1.42. The van der Waals surface area contributed by atoms with E-state index in [1.165, 1.54) is 12.1 Å². The van der Waals surface area contributed by atoms with Crippen LogP contribution in [0.5, 0.6) is 5.75 Å². The first-order valence-corrected chi connectivity index (χ1v) is 12.2. The number of ketones is 1. The molecular formula is C29H33FN2O4. The van der Waals surface area contributed by atoms with Crippen molar-refractivity contribution in [1.82, 2.24) is 4.98 Å². The van der Waals surface area contributed by atoms with Gasteiger partial charge in [0.2, 0.25) is 0 Å². The molecule has 1 aliphatic rings. The van der Waals surface area contributed by atoms with Gasteiger partial charge in [-0.3, -0.25) is 4.79 Å². The molecule has 1 aliphatic carbocycles. The van der Waals surface area contributed by atoms with Crippen molar-refractivity contribution in [2.24, 2.45) is 5.73 Å². The number of aromatic nitrogens is 1. The van der Waals surface area contributed by atoms with Crippen molar-refractivity contribution in [1.29, 1.82) is 0 Å². The largest absolute Gasteiger partial charge is 0.490 e. The zero-order valence-electron chi connectivity index (χ0n) is 20.9. The van der Waals surface area contributed by atoms with E-state index in [0.29, 0.717) is 33.8 Å². The molecule has 1 heterocycles. The molecule has 7 heteroatoms. The number of aliphatic hydroxyl groups excluding tert-OH is 1. The molecule has 4 rings (SSSR count). The molecule has 190 valence electrons. The second-order valence-corrected chi connectivity index (χ2v) is 10.3. The van der Waals surface area contributed by atoms with Crippen LogP contribution in [-0.2, 0) is 17.7 Å². The summed E-state index contributed by atoms with van der Waals surface area (Å²) >= 11 is 0. The lowest BCUT2D eigenvalue weighted by atomic mass is 9.88. The van der Waals surface area contributed by atoms with Crippen molar-refractivity contribution in [2.45, 2.75) is 70.3 Å². The van der Waals surface area contributed by atoms with E-state index in [1.807, 2.05) is 19.9 Å². The lowest BCUT2D eigenvalue weighted by Crippen LogP contribution is -2.31. The van der Waals surface area contributed by atoms with Gasteiger partial charge in [0.15, 0.2) is 5.78 Å². The highest BCUT2D eigenvalue weighted by Gasteiger charge is 2.29. The first-order valence-electron chi connectivity index (χ1n) is 12.2. The highest BCUT2D eigenvalue weighted by Crippen LogP contribution is 2.33. The Hall–Kier alpha value is -3.13. The topological polar surface area (TPSA) is 106 Å². The van der Waals surface area contributed by atoms with Crippen LogP contribution >= 0.6 is 0 Å². The van der Waals surface area contributed by atoms with Gasteiger partial charge in [-0.1, -0.05) is 0 Å². The molecule has 0 aliphatic heterocycles. The second-order valence-electron chi connectivity index (χ2n) is 10.3. The molecule has 6 nitrogen and oxygen atoms in total. The van der Waals surface area contributed by atoms with Crippen molar-refractivity contribution >= 4 is 5.78 Å². The molecule has 1 aromatic heterocycles. The van der Waals surface area contributed by atoms with Gasteiger partial charge in [0.25, 0.3) is 0 Å². The molecule has 0 amide bonds. The van der Waals surface area contributed by atoms with Crippen molar-refractivity contribution in [3.05, 3.63) is 82.8 Å². The summed E-state index contributed by atoms with van der Waals surface area (Å²) < 4.78 is 19.2. The Bertz CT molecular complexity index is 1250. The Labute approximate surface area is 211 Å². The fourth-order valence-electron chi connectivity index (χ4n) is 3.93. The number of Topliss-reactive ketones (excluding diaryl/α,β-unsaturated/α-hetero) is 1. The molecule has 0 bridgehead atoms. The van der Waals surface area contributed by atoms with Crippen molar-refractivity contribution in [2.75, 3.05) is 0 Å². The van der Waals surface area contributed by atoms with E-state index in [-0.39, 0.29) is 37.2 Å². The van der Waals surface area contributed by atoms with E-state index in [9.17, 15) is 19.4 Å². The number of aliphatic hydroxyl groups is 2. The molecule has 36 heavy (non-hydrogen) atoms. The van der Waals surface area contributed by atoms with E-state index in [1.54, 1.807) is 43.3 Å². The van der Waals surface area contributed by atoms with Crippen LogP contribution in [0, 0.1) is 5.82 Å². The summed E-state index contributed by atoms with van der Waals surface area (Å²) in [6, 6.07) is 14.6. The number of carbonyl (C=O) groups is 1. The summed E-state index contributed by atoms with van der Waals surface area (Å²) in [5, 5.41) is 21.1. The number of benzene rings is 2. The van der Waals surface area contributed by atoms with Crippen molar-refractivity contribution in [3.63, 3.8) is 0 Å². The molecule has 0 radical (unpaired) electrons. The SMILES string of the molecule is CC(C)(N)c1cc(-c2ccc(F)cc2)nc(C(C)(O)CCC(=O)c2ccc(OC3CC3)c(CO)c2)c1. The van der Waals surface area contributed by atoms with Gasteiger partial charge in [-0.2, -0.15) is 0 Å². The fraction of sp³-hybridized carbons (Fsp3) is 0.379. The monoisotopic (exact) mass is 492 g/mol. The molecule has 3 aromatic rings. The van der Waals surface area contributed by atoms with Crippen LogP contribution in [0.2, 0.25) is 0 Å². The van der Waals surface area contributed by atoms with Crippen LogP contribution in [0.15, 0.2) is 54.6 Å². The smallest absolute Gasteiger partial charge is 0.163 e. The number of carbonyl (C=O) groups excluding carboxylic acids is 1. The maximum absolute atomic E-state index is 13.5. The molecule has 4 N–H and O–H groups in total. The van der Waals surface area contributed by atoms with Gasteiger partial charge < -0.3 is 20.7 Å². The average molecular weight is 493 g/mol. The summed E-state index contributed by atoms with van der Waals surface area (Å²) in [5.74, 6) is 0.0931. The molecule has 1 saturated carbocycles. The minimum absolute atomic E-state index is 0.0739. The van der Waals surface area contributed by atoms with Crippen molar-refractivity contribution < 1.29 is 24.1 Å². The second kappa shape index (κ2) is 10.1. The standard InChI is InChI=1S/C29H33FN2O4/c1-28(2,31)21-15-24(18-4-7-22(30)8-5-18)32-27(16-21)29(3,35)13-12-25(34)19-6-11-26(20(14-19)17-33)36-23-9-10-23/h4-8,11,14-16,23,33,35H,9-10,12-13,17,31H2,1-3H3. The maximum Gasteiger partial charge on any atom is 0.163 e. The van der Waals surface area contributed by atoms with Gasteiger partial charge in [-0.25, -0.2) is 9.37 Å². The Kier molecular flexibility index (Phi) is 7.27. The zero-order chi connectivity index (χ0) is 26.1. The summed E-state index contributed by atoms with van der Waals surface area (Å²) in [4.78, 5) is 17.6. The summed E-state index contributed by atoms with van der Waals surface area (Å²) in [7, 11) is 0. The molecule has 1 unspecified atom stereocenters. The summed E-state index contributed by atoms with van der Waals surface area (Å²) in [6.07, 6.45) is 2.39. The fourth-order valence-corrected chi connectivity index (χ4v) is 3.93. The van der Waals surface area contributed by atoms with Gasteiger partial charge in [0, 0.05) is 28.7 Å². The van der Waals surface area contributed by atoms with Gasteiger partial charge in [-0.05, 0) is 100 Å². The number of nitrogens with two attached hydrogens (primary N) is 1. The third-order valence-corrected chi connectivity index (χ3v) is 6.47. The Morgan fingerprint density at radius 3 is 2.42 bits per heavy atom. The highest BCUT2D eigenvalue weighted by atomic mass is 19.1. The number of pyridine rings is 1. The van der Waals surface area contributed by atoms with Gasteiger partial charge >= 0.3 is 0 Å². The molecule has 1 fully saturated rings. The number of rotatable bonds is 10. The third-order valence-electron chi connectivity index (χ3n) is 6.47. The number of halogens is 1. The minimum Gasteiger partial charge on any atom is -0.490 e. The molecule has 0 spiro atoms. The molecular weight excluding hydrogens is 459 g/mol. The lowest BCUT2D eigenvalue weighted by molar-refractivity contribution is 0.0396. The number of nitrogens with zero attached hydrogens (tertiary/aromatic N) is 1. The highest BCUT2D eigenvalue weighted by molar-refractivity contribution is 5.96. The van der Waals surface area contributed by atoms with Crippen LogP contribution in [0.1, 0.15) is 73.6 Å². The Morgan fingerprint density at radius 2 is 1.81 bits per heavy atom. The Balaban J connectivity index is 1.56. The Morgan fingerprint density at radius 1 is 1.11 bits per heavy atom. The first-order chi connectivity index (χ1) is 17.0. The van der Waals surface area contributed by atoms with E-state index < -0.39 is 11.1 Å². The van der Waals surface area contributed by atoms with Crippen LogP contribution < -0.4 is 10.5 Å². The predicted octanol–water partition coefficient (Wildman–Crippen LogP) is 4.99. The number of ether oxygens (including phenoxy) is 1. The zero-order valence-corrected chi connectivity index (χ0v) is 20.9. The number of hydrogen-bond acceptors (Lipinski definition) is 6. The van der Waals surface area contributed by atoms with E-state index >= 15 is 0 Å². The quantitative estimate of drug-likeness (QED) is 0.345. The third kappa shape index (κ3) is 6.16. The first kappa shape index (κ1) is 25.9. The number of hydrogen-bond donors (Lipinski definition) is 3. The van der Waals surface area contributed by atoms with Crippen LogP contribution in [0.25, 0.3) is 11.3 Å². The van der Waals surface area contributed by atoms with Gasteiger partial charge in [-0.15, -0.1) is 0 Å². The van der Waals surface area contributed by atoms with Gasteiger partial charge in [0.05, 0.1) is 24.1 Å². The lowest BCUT2D eigenvalue weighted by Gasteiger charge is -2.27. The molecule has 1 atom stereocenters. The maximum atomic E-state index is 13.5. The molecule has 0 saturated heterocycles. The van der Waals surface area contributed by atoms with Crippen LogP contribution in [-0.4, -0.2) is 27.1 Å². The predicted molar refractivity (Wildman–Crippen MR) is 136 cm³/mol. The van der Waals surface area contributed by atoms with Gasteiger partial charge in [0.1, 0.15) is 17.2 Å². The van der Waals surface area contributed by atoms with Crippen LogP contribution in [0.3, 0.4) is 0 Å². The summed E-state index contributed by atoms with van der Waals surface area (Å²) in [6.45, 7) is 5.11. The molecule has 2 aromatic carbocycles. The normalized spacial score (nSPS) is 15.4. The van der Waals surface area contributed by atoms with E-state index in [0.717, 1.165) is 18.4 Å². The van der Waals surface area contributed by atoms with E-state index in [4.69, 9.17) is 10.5 Å². The van der Waals surface area contributed by atoms with Crippen LogP contribution in [0.4, 0.5) is 4.39 Å². The van der Waals surface area contributed by atoms with Crippen molar-refractivity contribution in [3.8, 4) is 17.0 Å². The van der Waals surface area contributed by atoms with E-state index in [2.05, 4.69) is 4.98 Å². The average Bonchev–Trinajstić information content (AvgIpc) is 3.66.